The minimum absolute atomic E-state index is 0.0561. The Bertz CT molecular complexity index is 5770. The van der Waals surface area contributed by atoms with Gasteiger partial charge in [0.2, 0.25) is 17.8 Å². The Morgan fingerprint density at radius 3 is 1.14 bits per heavy atom. The van der Waals surface area contributed by atoms with Gasteiger partial charge in [-0.1, -0.05) is 127 Å². The Hall–Kier alpha value is -10.0. The molecule has 12 rings (SSSR count). The Kier molecular flexibility index (Phi) is 35.1. The molecule has 38 heteroatoms. The number of amides is 2. The van der Waals surface area contributed by atoms with Crippen molar-refractivity contribution in [3.8, 4) is 50.6 Å². The molecule has 6 aromatic carbocycles. The number of hydrogen-bond acceptors (Lipinski definition) is 24. The second-order valence-corrected chi connectivity index (χ2v) is 46.5. The summed E-state index contributed by atoms with van der Waals surface area (Å²) in [6.07, 6.45) is 15.0. The molecule has 0 unspecified atom stereocenters. The molecular formula is C87H111Cl6N21O9Si2. The lowest BCUT2D eigenvalue weighted by Gasteiger charge is -2.21. The number of likely N-dealkylation sites (N-methyl/N-ethyl adjacent to an activating group) is 6. The summed E-state index contributed by atoms with van der Waals surface area (Å²) in [4.78, 5) is 94.6. The number of aryl methyl sites for hydroxylation is 3. The highest BCUT2D eigenvalue weighted by molar-refractivity contribution is 6.76. The van der Waals surface area contributed by atoms with Gasteiger partial charge in [-0.05, 0) is 128 Å². The van der Waals surface area contributed by atoms with E-state index in [2.05, 4.69) is 94.5 Å². The number of rotatable bonds is 33. The molecule has 12 aromatic rings. The van der Waals surface area contributed by atoms with Crippen molar-refractivity contribution in [2.45, 2.75) is 85.6 Å². The molecule has 0 aliphatic carbocycles. The van der Waals surface area contributed by atoms with Crippen LogP contribution < -0.4 is 45.3 Å². The summed E-state index contributed by atoms with van der Waals surface area (Å²) >= 11 is 40.4. The van der Waals surface area contributed by atoms with Gasteiger partial charge in [0.15, 0.2) is 0 Å². The number of aromatic nitrogens is 12. The van der Waals surface area contributed by atoms with E-state index in [1.54, 1.807) is 121 Å². The summed E-state index contributed by atoms with van der Waals surface area (Å²) in [6.45, 7) is 26.5. The van der Waals surface area contributed by atoms with E-state index in [0.717, 1.165) is 68.6 Å². The van der Waals surface area contributed by atoms with E-state index in [9.17, 15) is 19.5 Å². The molecule has 0 aliphatic heterocycles. The number of H-pyrrole nitrogens is 1. The van der Waals surface area contributed by atoms with Crippen LogP contribution in [0.3, 0.4) is 0 Å². The lowest BCUT2D eigenvalue weighted by Crippen LogP contribution is -2.29. The number of anilines is 6. The fourth-order valence-electron chi connectivity index (χ4n) is 12.5. The number of aromatic amines is 1. The number of carboxylic acids is 1. The number of ether oxygens (including phenoxy) is 5. The summed E-state index contributed by atoms with van der Waals surface area (Å²) in [5, 5.41) is 17.7. The number of nitrogens with two attached hydrogens (primary N) is 1. The lowest BCUT2D eigenvalue weighted by molar-refractivity contribution is 0.0698. The molecule has 6 N–H and O–H groups in total. The average molecular weight is 1860 g/mol. The summed E-state index contributed by atoms with van der Waals surface area (Å²) in [5.74, 6) is 2.77. The molecule has 0 saturated heterocycles. The van der Waals surface area contributed by atoms with E-state index in [-0.39, 0.29) is 29.6 Å². The van der Waals surface area contributed by atoms with Gasteiger partial charge in [0.05, 0.1) is 103 Å². The van der Waals surface area contributed by atoms with Crippen molar-refractivity contribution < 1.29 is 43.2 Å². The molecule has 0 bridgehead atoms. The predicted octanol–water partition coefficient (Wildman–Crippen LogP) is 18.0. The monoisotopic (exact) mass is 1860 g/mol. The number of carboxylic acid groups (broad SMARTS) is 1. The molecular weight excluding hydrogens is 1750 g/mol. The van der Waals surface area contributed by atoms with Gasteiger partial charge in [-0.15, -0.1) is 0 Å². The lowest BCUT2D eigenvalue weighted by atomic mass is 9.98. The third kappa shape index (κ3) is 25.7. The standard InChI is InChI=1S/C31H41Cl2N7O3Si.C25H27Cl2N7O2.C22H24Cl2N4O3.C9H19N3OSi/c1-20-17-23(42-5)27(33)25(26(20)32)21-9-10-22(28-29(21)36-24(18-35-28)39(4)14-13-38(2)3)30(41)37-31-34-11-12-40(31)19-43-15-16-44(6,7)8;1-14-12-17(36-5)21(27)19(20(14)26)15-6-7-16(24(35)32-25-28-8-9-29-25)22-23(15)31-18(13-30-22)34(4)11-10-33(2)3;1-12-10-15(31-5)19(24)17(18(12)23)13-6-7-14(22(29)30)20-21(13)26-16(11-25-20)28(4)9-8-27(2)3;1-14(2,3)7-6-13-8-12-5-4-11-9(12)10/h9-12,17-18H,13-16,19H2,1-8H3,(H,34,37,41);6-9,12-13H,10-11H2,1-5H3,(H2,28,29,32,35);6-7,10-11H,8-9H2,1-5H3,(H,29,30);4-5H,6-8H2,1-3H3,(H2,10,11). The number of carbonyl (C=O) groups is 3. The molecule has 2 amide bonds. The summed E-state index contributed by atoms with van der Waals surface area (Å²) in [6, 6.07) is 17.7. The van der Waals surface area contributed by atoms with E-state index in [1.165, 1.54) is 19.2 Å². The molecule has 0 aliphatic rings. The number of hydrogen-bond donors (Lipinski definition) is 5. The minimum Gasteiger partial charge on any atom is -0.495 e. The first-order valence-corrected chi connectivity index (χ1v) is 49.7. The van der Waals surface area contributed by atoms with Gasteiger partial charge in [-0.2, -0.15) is 0 Å². The second-order valence-electron chi connectivity index (χ2n) is 33.0. The van der Waals surface area contributed by atoms with Crippen LogP contribution in [0, 0.1) is 20.8 Å². The van der Waals surface area contributed by atoms with Gasteiger partial charge in [-0.25, -0.2) is 49.7 Å². The van der Waals surface area contributed by atoms with Crippen molar-refractivity contribution in [3.63, 3.8) is 0 Å². The number of imidazole rings is 3. The zero-order chi connectivity index (χ0) is 91.6. The predicted molar refractivity (Wildman–Crippen MR) is 513 cm³/mol. The number of carbonyl (C=O) groups excluding carboxylic acids is 2. The first-order chi connectivity index (χ1) is 59.1. The van der Waals surface area contributed by atoms with E-state index in [4.69, 9.17) is 119 Å². The van der Waals surface area contributed by atoms with Crippen molar-refractivity contribution >= 4 is 172 Å². The van der Waals surface area contributed by atoms with Gasteiger partial charge < -0.3 is 68.9 Å². The highest BCUT2D eigenvalue weighted by atomic mass is 35.5. The molecule has 6 aromatic heterocycles. The average Bonchev–Trinajstić information content (AvgIpc) is 1.76. The Morgan fingerprint density at radius 1 is 0.456 bits per heavy atom. The molecule has 0 fully saturated rings. The Labute approximate surface area is 762 Å². The van der Waals surface area contributed by atoms with Crippen LogP contribution in [0.4, 0.5) is 35.3 Å². The Balaban J connectivity index is 0.000000199. The maximum atomic E-state index is 13.7. The molecule has 0 radical (unpaired) electrons. The van der Waals surface area contributed by atoms with Gasteiger partial charge >= 0.3 is 5.97 Å². The zero-order valence-electron chi connectivity index (χ0n) is 74.5. The molecule has 30 nitrogen and oxygen atoms in total. The second kappa shape index (κ2) is 44.4. The number of nitrogens with one attached hydrogen (secondary N) is 3. The first-order valence-electron chi connectivity index (χ1n) is 40.0. The van der Waals surface area contributed by atoms with Crippen molar-refractivity contribution in [2.75, 3.05) is 168 Å². The van der Waals surface area contributed by atoms with Gasteiger partial charge in [0.1, 0.15) is 64.7 Å². The van der Waals surface area contributed by atoms with E-state index >= 15 is 0 Å². The van der Waals surface area contributed by atoms with Gasteiger partial charge in [0, 0.05) is 160 Å². The maximum absolute atomic E-state index is 13.7. The molecule has 6 heterocycles. The highest BCUT2D eigenvalue weighted by Crippen LogP contribution is 2.49. The highest BCUT2D eigenvalue weighted by Gasteiger charge is 2.29. The van der Waals surface area contributed by atoms with Crippen LogP contribution in [0.2, 0.25) is 81.5 Å². The van der Waals surface area contributed by atoms with Crippen LogP contribution in [0.1, 0.15) is 47.8 Å². The number of methoxy groups -OCH3 is 3. The van der Waals surface area contributed by atoms with Crippen molar-refractivity contribution in [2.24, 2.45) is 0 Å². The largest absolute Gasteiger partial charge is 0.495 e. The van der Waals surface area contributed by atoms with E-state index < -0.39 is 22.1 Å². The third-order valence-corrected chi connectivity index (χ3v) is 26.0. The van der Waals surface area contributed by atoms with Crippen molar-refractivity contribution in [3.05, 3.63) is 174 Å². The molecule has 668 valence electrons. The van der Waals surface area contributed by atoms with E-state index in [1.807, 2.05) is 105 Å². The van der Waals surface area contributed by atoms with Crippen molar-refractivity contribution in [1.82, 2.24) is 73.7 Å². The SMILES string of the molecule is COc1cc(C)c(Cl)c(-c2ccc(C(=O)Nc3ncc[nH]3)c3ncc(N(C)CCN(C)C)nc23)c1Cl.COc1cc(C)c(Cl)c(-c2ccc(C(=O)Nc3nccn3COCC[Si](C)(C)C)c3ncc(N(C)CCN(C)C)nc23)c1Cl.COc1cc(C)c(Cl)c(-c2ccc(C(=O)O)c3ncc(N(C)CCN(C)C)nc23)c1Cl.C[Si](C)(C)CCOCn1ccnc1N. The number of nitrogens with zero attached hydrogens (tertiary/aromatic N) is 17. The van der Waals surface area contributed by atoms with Crippen LogP contribution in [-0.4, -0.2) is 250 Å². The van der Waals surface area contributed by atoms with Crippen LogP contribution in [0.5, 0.6) is 17.2 Å². The van der Waals surface area contributed by atoms with Crippen LogP contribution >= 0.6 is 69.6 Å². The topological polar surface area (TPSA) is 329 Å². The number of benzene rings is 6. The number of nitrogen functional groups attached to an aromatic ring is 1. The molecule has 0 saturated carbocycles. The number of aromatic carboxylic acids is 1. The van der Waals surface area contributed by atoms with Gasteiger partial charge in [0.25, 0.3) is 11.8 Å². The maximum Gasteiger partial charge on any atom is 0.337 e. The fourth-order valence-corrected chi connectivity index (χ4v) is 15.9. The fraction of sp³-hybridized carbons (Fsp3) is 0.379. The molecule has 0 spiro atoms. The zero-order valence-corrected chi connectivity index (χ0v) is 81.1. The van der Waals surface area contributed by atoms with Crippen LogP contribution in [-0.2, 0) is 22.9 Å². The van der Waals surface area contributed by atoms with Crippen LogP contribution in [0.15, 0.2) is 110 Å². The minimum atomic E-state index is -1.22. The van der Waals surface area contributed by atoms with E-state index in [0.29, 0.717) is 168 Å². The molecule has 125 heavy (non-hydrogen) atoms. The summed E-state index contributed by atoms with van der Waals surface area (Å²) in [5.41, 5.74) is 14.7. The first kappa shape index (κ1) is 98.7. The smallest absolute Gasteiger partial charge is 0.337 e. The van der Waals surface area contributed by atoms with Crippen LogP contribution in [0.25, 0.3) is 66.5 Å². The number of fused-ring (bicyclic) bond motifs is 3. The van der Waals surface area contributed by atoms with Crippen molar-refractivity contribution in [1.29, 1.82) is 0 Å². The summed E-state index contributed by atoms with van der Waals surface area (Å²) in [7, 11) is 20.3. The molecule has 0 atom stereocenters. The Morgan fingerprint density at radius 2 is 0.808 bits per heavy atom. The normalized spacial score (nSPS) is 11.5. The summed E-state index contributed by atoms with van der Waals surface area (Å²) < 4.78 is 31.4. The quantitative estimate of drug-likeness (QED) is 0.0188. The third-order valence-electron chi connectivity index (χ3n) is 20.0. The number of halogens is 6. The van der Waals surface area contributed by atoms with Gasteiger partial charge in [-0.3, -0.25) is 29.4 Å².